The van der Waals surface area contributed by atoms with Crippen LogP contribution in [-0.2, 0) is 4.79 Å². The molecule has 0 aliphatic carbocycles. The lowest BCUT2D eigenvalue weighted by Crippen LogP contribution is -2.04. The molecular formula is C11H8O4. The number of rotatable bonds is 2. The highest BCUT2D eigenvalue weighted by atomic mass is 16.5. The van der Waals surface area contributed by atoms with Crippen molar-refractivity contribution in [3.63, 3.8) is 0 Å². The van der Waals surface area contributed by atoms with E-state index in [0.29, 0.717) is 5.58 Å². The van der Waals surface area contributed by atoms with Crippen LogP contribution in [0, 0.1) is 6.92 Å². The highest BCUT2D eigenvalue weighted by Crippen LogP contribution is 2.17. The monoisotopic (exact) mass is 204 g/mol. The first-order valence-electron chi connectivity index (χ1n) is 4.35. The third-order valence-electron chi connectivity index (χ3n) is 2.03. The molecule has 0 bridgehead atoms. The first-order chi connectivity index (χ1) is 7.20. The minimum atomic E-state index is -0.653. The molecule has 0 spiro atoms. The van der Waals surface area contributed by atoms with Crippen LogP contribution >= 0.6 is 0 Å². The fourth-order valence-electron chi connectivity index (χ4n) is 1.33. The van der Waals surface area contributed by atoms with Crippen molar-refractivity contribution in [1.82, 2.24) is 0 Å². The van der Waals surface area contributed by atoms with Gasteiger partial charge in [-0.05, 0) is 24.6 Å². The van der Waals surface area contributed by atoms with E-state index in [4.69, 9.17) is 4.42 Å². The van der Waals surface area contributed by atoms with Crippen LogP contribution < -0.4 is 10.4 Å². The maximum Gasteiger partial charge on any atom is 0.379 e. The van der Waals surface area contributed by atoms with Crippen molar-refractivity contribution >= 4 is 17.4 Å². The molecule has 1 aromatic heterocycles. The van der Waals surface area contributed by atoms with Gasteiger partial charge in [-0.2, -0.15) is 0 Å². The molecule has 76 valence electrons. The highest BCUT2D eigenvalue weighted by molar-refractivity contribution is 5.78. The van der Waals surface area contributed by atoms with Crippen molar-refractivity contribution in [2.45, 2.75) is 6.92 Å². The fourth-order valence-corrected chi connectivity index (χ4v) is 1.33. The highest BCUT2D eigenvalue weighted by Gasteiger charge is 2.05. The molecule has 0 saturated carbocycles. The fraction of sp³-hybridized carbons (Fsp3) is 0.0909. The first kappa shape index (κ1) is 9.45. The molecule has 0 amide bonds. The molecule has 0 saturated heterocycles. The normalized spacial score (nSPS) is 10.2. The third kappa shape index (κ3) is 1.74. The van der Waals surface area contributed by atoms with E-state index in [9.17, 15) is 9.59 Å². The van der Waals surface area contributed by atoms with Crippen LogP contribution in [0.4, 0.5) is 0 Å². The minimum Gasteiger partial charge on any atom is -0.421 e. The molecule has 0 N–H and O–H groups in total. The largest absolute Gasteiger partial charge is 0.421 e. The smallest absolute Gasteiger partial charge is 0.379 e. The van der Waals surface area contributed by atoms with Crippen molar-refractivity contribution in [3.05, 3.63) is 40.2 Å². The zero-order chi connectivity index (χ0) is 10.8. The second-order valence-corrected chi connectivity index (χ2v) is 3.15. The third-order valence-corrected chi connectivity index (χ3v) is 2.03. The molecule has 1 heterocycles. The van der Waals surface area contributed by atoms with Crippen LogP contribution in [0.2, 0.25) is 0 Å². The Labute approximate surface area is 85.1 Å². The Bertz CT molecular complexity index is 568. The second-order valence-electron chi connectivity index (χ2n) is 3.15. The Hall–Kier alpha value is -2.10. The molecule has 4 nitrogen and oxygen atoms in total. The van der Waals surface area contributed by atoms with Crippen molar-refractivity contribution in [2.75, 3.05) is 0 Å². The number of ether oxygens (including phenoxy) is 1. The van der Waals surface area contributed by atoms with E-state index in [1.807, 2.05) is 13.0 Å². The van der Waals surface area contributed by atoms with Crippen LogP contribution in [0.1, 0.15) is 5.56 Å². The van der Waals surface area contributed by atoms with E-state index in [1.165, 1.54) is 6.07 Å². The summed E-state index contributed by atoms with van der Waals surface area (Å²) in [5.74, 6) is -0.0960. The van der Waals surface area contributed by atoms with Gasteiger partial charge in [-0.15, -0.1) is 0 Å². The summed E-state index contributed by atoms with van der Waals surface area (Å²) < 4.78 is 9.47. The molecule has 2 rings (SSSR count). The molecule has 0 unspecified atom stereocenters. The number of hydrogen-bond acceptors (Lipinski definition) is 4. The summed E-state index contributed by atoms with van der Waals surface area (Å²) in [5, 5.41) is 0.719. The van der Waals surface area contributed by atoms with E-state index >= 15 is 0 Å². The van der Waals surface area contributed by atoms with Gasteiger partial charge in [-0.1, -0.05) is 12.1 Å². The minimum absolute atomic E-state index is 0.0960. The standard InChI is InChI=1S/C11H8O4/c1-7-2-3-8-5-10(14-6-12)11(13)15-9(8)4-7/h2-6H,1H3. The van der Waals surface area contributed by atoms with Gasteiger partial charge in [0.1, 0.15) is 5.58 Å². The number of aryl methyl sites for hydroxylation is 1. The van der Waals surface area contributed by atoms with Gasteiger partial charge in [0, 0.05) is 5.39 Å². The Morgan fingerprint density at radius 1 is 1.33 bits per heavy atom. The van der Waals surface area contributed by atoms with Gasteiger partial charge in [0.2, 0.25) is 5.75 Å². The molecule has 0 aliphatic rings. The Kier molecular flexibility index (Phi) is 2.25. The average Bonchev–Trinajstić information content (AvgIpc) is 2.20. The van der Waals surface area contributed by atoms with Gasteiger partial charge in [-0.3, -0.25) is 4.79 Å². The Morgan fingerprint density at radius 3 is 2.87 bits per heavy atom. The number of hydrogen-bond donors (Lipinski definition) is 0. The summed E-state index contributed by atoms with van der Waals surface area (Å²) in [6, 6.07) is 6.91. The van der Waals surface area contributed by atoms with E-state index in [-0.39, 0.29) is 12.2 Å². The molecule has 0 aliphatic heterocycles. The molecule has 4 heteroatoms. The van der Waals surface area contributed by atoms with Gasteiger partial charge in [-0.25, -0.2) is 4.79 Å². The molecule has 0 radical (unpaired) electrons. The summed E-state index contributed by atoms with van der Waals surface area (Å²) in [5.41, 5.74) is 0.827. The summed E-state index contributed by atoms with van der Waals surface area (Å²) >= 11 is 0. The molecule has 0 atom stereocenters. The van der Waals surface area contributed by atoms with Crippen LogP contribution in [0.3, 0.4) is 0 Å². The maximum absolute atomic E-state index is 11.3. The molecule has 15 heavy (non-hydrogen) atoms. The van der Waals surface area contributed by atoms with Gasteiger partial charge in [0.05, 0.1) is 0 Å². The van der Waals surface area contributed by atoms with Crippen LogP contribution in [0.25, 0.3) is 11.0 Å². The van der Waals surface area contributed by atoms with E-state index < -0.39 is 5.63 Å². The maximum atomic E-state index is 11.3. The van der Waals surface area contributed by atoms with E-state index in [1.54, 1.807) is 12.1 Å². The second kappa shape index (κ2) is 3.57. The predicted molar refractivity (Wildman–Crippen MR) is 53.9 cm³/mol. The van der Waals surface area contributed by atoms with Gasteiger partial charge < -0.3 is 9.15 Å². The SMILES string of the molecule is Cc1ccc2cc(OC=O)c(=O)oc2c1. The van der Waals surface area contributed by atoms with Crippen molar-refractivity contribution in [2.24, 2.45) is 0 Å². The molecule has 0 fully saturated rings. The van der Waals surface area contributed by atoms with Crippen molar-refractivity contribution in [1.29, 1.82) is 0 Å². The molecule has 1 aromatic carbocycles. The van der Waals surface area contributed by atoms with Crippen molar-refractivity contribution in [3.8, 4) is 5.75 Å². The lowest BCUT2D eigenvalue weighted by atomic mass is 10.2. The summed E-state index contributed by atoms with van der Waals surface area (Å²) in [4.78, 5) is 21.4. The summed E-state index contributed by atoms with van der Waals surface area (Å²) in [6.45, 7) is 2.10. The zero-order valence-electron chi connectivity index (χ0n) is 8.02. The predicted octanol–water partition coefficient (Wildman–Crippen LogP) is 1.64. The number of carbonyl (C=O) groups is 1. The summed E-state index contributed by atoms with van der Waals surface area (Å²) in [6.07, 6.45) is 0. The van der Waals surface area contributed by atoms with Crippen LogP contribution in [0.5, 0.6) is 5.75 Å². The Morgan fingerprint density at radius 2 is 2.13 bits per heavy atom. The van der Waals surface area contributed by atoms with Gasteiger partial charge in [0.15, 0.2) is 0 Å². The van der Waals surface area contributed by atoms with E-state index in [0.717, 1.165) is 10.9 Å². The number of fused-ring (bicyclic) bond motifs is 1. The topological polar surface area (TPSA) is 56.5 Å². The lowest BCUT2D eigenvalue weighted by molar-refractivity contribution is -0.120. The molecule has 2 aromatic rings. The zero-order valence-corrected chi connectivity index (χ0v) is 8.02. The number of benzene rings is 1. The first-order valence-corrected chi connectivity index (χ1v) is 4.35. The average molecular weight is 204 g/mol. The van der Waals surface area contributed by atoms with Gasteiger partial charge >= 0.3 is 5.63 Å². The van der Waals surface area contributed by atoms with E-state index in [2.05, 4.69) is 4.74 Å². The molecular weight excluding hydrogens is 196 g/mol. The quantitative estimate of drug-likeness (QED) is 0.551. The van der Waals surface area contributed by atoms with Crippen molar-refractivity contribution < 1.29 is 13.9 Å². The Balaban J connectivity index is 2.70. The van der Waals surface area contributed by atoms with Crippen LogP contribution in [-0.4, -0.2) is 6.47 Å². The van der Waals surface area contributed by atoms with Gasteiger partial charge in [0.25, 0.3) is 6.47 Å². The van der Waals surface area contributed by atoms with Crippen LogP contribution in [0.15, 0.2) is 33.5 Å². The lowest BCUT2D eigenvalue weighted by Gasteiger charge is -2.00. The summed E-state index contributed by atoms with van der Waals surface area (Å²) in [7, 11) is 0. The number of carbonyl (C=O) groups excluding carboxylic acids is 1.